The minimum absolute atomic E-state index is 0.0925. The SMILES string of the molecule is O=C(c1ccccc1)C(Br)c1ccc(=O)[nH]n1. The number of rotatable bonds is 3. The molecule has 1 aromatic heterocycles. The highest BCUT2D eigenvalue weighted by Crippen LogP contribution is 2.24. The van der Waals surface area contributed by atoms with Crippen LogP contribution in [0.2, 0.25) is 0 Å². The molecule has 5 heteroatoms. The molecule has 4 nitrogen and oxygen atoms in total. The van der Waals surface area contributed by atoms with Crippen LogP contribution in [0.25, 0.3) is 0 Å². The molecule has 0 saturated heterocycles. The summed E-state index contributed by atoms with van der Waals surface area (Å²) in [6.07, 6.45) is 0. The third-order valence-corrected chi connectivity index (χ3v) is 3.13. The quantitative estimate of drug-likeness (QED) is 0.696. The smallest absolute Gasteiger partial charge is 0.264 e. The van der Waals surface area contributed by atoms with Crippen molar-refractivity contribution in [1.82, 2.24) is 10.2 Å². The van der Waals surface area contributed by atoms with Crippen molar-refractivity contribution in [3.8, 4) is 0 Å². The summed E-state index contributed by atoms with van der Waals surface area (Å²) in [7, 11) is 0. The summed E-state index contributed by atoms with van der Waals surface area (Å²) < 4.78 is 0. The number of carbonyl (C=O) groups excluding carboxylic acids is 1. The van der Waals surface area contributed by atoms with Crippen LogP contribution >= 0.6 is 15.9 Å². The summed E-state index contributed by atoms with van der Waals surface area (Å²) in [4.78, 5) is 22.4. The van der Waals surface area contributed by atoms with Gasteiger partial charge in [-0.25, -0.2) is 5.10 Å². The van der Waals surface area contributed by atoms with Crippen molar-refractivity contribution in [1.29, 1.82) is 0 Å². The predicted octanol–water partition coefficient (Wildman–Crippen LogP) is 2.09. The summed E-state index contributed by atoms with van der Waals surface area (Å²) in [6, 6.07) is 11.8. The summed E-state index contributed by atoms with van der Waals surface area (Å²) in [5.41, 5.74) is 0.793. The molecule has 86 valence electrons. The van der Waals surface area contributed by atoms with Gasteiger partial charge in [0.2, 0.25) is 0 Å². The molecule has 0 saturated carbocycles. The second kappa shape index (κ2) is 5.05. The van der Waals surface area contributed by atoms with Gasteiger partial charge in [0.15, 0.2) is 5.78 Å². The number of benzene rings is 1. The van der Waals surface area contributed by atoms with Crippen LogP contribution in [0.1, 0.15) is 20.9 Å². The van der Waals surface area contributed by atoms with E-state index < -0.39 is 4.83 Å². The van der Waals surface area contributed by atoms with Gasteiger partial charge in [-0.15, -0.1) is 0 Å². The monoisotopic (exact) mass is 292 g/mol. The molecule has 2 aromatic rings. The topological polar surface area (TPSA) is 62.8 Å². The molecule has 1 atom stereocenters. The number of H-pyrrole nitrogens is 1. The number of aromatic nitrogens is 2. The molecule has 0 aliphatic carbocycles. The van der Waals surface area contributed by atoms with Crippen LogP contribution in [-0.4, -0.2) is 16.0 Å². The molecule has 1 aromatic carbocycles. The average Bonchev–Trinajstić information content (AvgIpc) is 2.39. The summed E-state index contributed by atoms with van der Waals surface area (Å²) in [5, 5.41) is 6.12. The number of nitrogens with one attached hydrogen (secondary N) is 1. The molecule has 2 rings (SSSR count). The first-order chi connectivity index (χ1) is 8.18. The van der Waals surface area contributed by atoms with Crippen molar-refractivity contribution in [2.75, 3.05) is 0 Å². The molecular weight excluding hydrogens is 284 g/mol. The lowest BCUT2D eigenvalue weighted by Crippen LogP contribution is -2.13. The third-order valence-electron chi connectivity index (χ3n) is 2.25. The van der Waals surface area contributed by atoms with Gasteiger partial charge in [-0.2, -0.15) is 5.10 Å². The molecule has 0 aliphatic rings. The van der Waals surface area contributed by atoms with E-state index in [4.69, 9.17) is 0 Å². The number of nitrogens with zero attached hydrogens (tertiary/aromatic N) is 1. The molecule has 1 heterocycles. The van der Waals surface area contributed by atoms with Crippen LogP contribution in [-0.2, 0) is 0 Å². The minimum atomic E-state index is -0.554. The van der Waals surface area contributed by atoms with Gasteiger partial charge in [0.25, 0.3) is 5.56 Å². The zero-order valence-electron chi connectivity index (χ0n) is 8.76. The van der Waals surface area contributed by atoms with E-state index in [0.29, 0.717) is 11.3 Å². The van der Waals surface area contributed by atoms with Crippen LogP contribution in [0.15, 0.2) is 47.3 Å². The molecule has 0 aliphatic heterocycles. The number of hydrogen-bond donors (Lipinski definition) is 1. The fraction of sp³-hybridized carbons (Fsp3) is 0.0833. The zero-order chi connectivity index (χ0) is 12.3. The van der Waals surface area contributed by atoms with Crippen LogP contribution in [0.4, 0.5) is 0 Å². The number of Topliss-reactive ketones (excluding diaryl/α,β-unsaturated/α-hetero) is 1. The van der Waals surface area contributed by atoms with Gasteiger partial charge in [0.1, 0.15) is 4.83 Å². The Labute approximate surface area is 106 Å². The Balaban J connectivity index is 2.26. The third kappa shape index (κ3) is 2.68. The number of hydrogen-bond acceptors (Lipinski definition) is 3. The first-order valence-electron chi connectivity index (χ1n) is 4.97. The van der Waals surface area contributed by atoms with Gasteiger partial charge in [0.05, 0.1) is 5.69 Å². The molecule has 1 unspecified atom stereocenters. The molecule has 0 amide bonds. The van der Waals surface area contributed by atoms with Crippen molar-refractivity contribution in [2.24, 2.45) is 0 Å². The Morgan fingerprint density at radius 2 is 1.88 bits per heavy atom. The van der Waals surface area contributed by atoms with E-state index in [-0.39, 0.29) is 11.3 Å². The van der Waals surface area contributed by atoms with E-state index >= 15 is 0 Å². The highest BCUT2D eigenvalue weighted by Gasteiger charge is 2.19. The van der Waals surface area contributed by atoms with Crippen molar-refractivity contribution in [2.45, 2.75) is 4.83 Å². The Morgan fingerprint density at radius 3 is 2.47 bits per heavy atom. The van der Waals surface area contributed by atoms with E-state index in [1.165, 1.54) is 12.1 Å². The number of aromatic amines is 1. The van der Waals surface area contributed by atoms with Gasteiger partial charge in [-0.3, -0.25) is 9.59 Å². The second-order valence-electron chi connectivity index (χ2n) is 3.44. The van der Waals surface area contributed by atoms with E-state index in [1.54, 1.807) is 24.3 Å². The van der Waals surface area contributed by atoms with Crippen LogP contribution in [0, 0.1) is 0 Å². The van der Waals surface area contributed by atoms with E-state index in [0.717, 1.165) is 0 Å². The van der Waals surface area contributed by atoms with Gasteiger partial charge >= 0.3 is 0 Å². The normalized spacial score (nSPS) is 12.1. The number of halogens is 1. The fourth-order valence-corrected chi connectivity index (χ4v) is 1.90. The predicted molar refractivity (Wildman–Crippen MR) is 67.3 cm³/mol. The number of ketones is 1. The molecule has 1 N–H and O–H groups in total. The maximum Gasteiger partial charge on any atom is 0.264 e. The first kappa shape index (κ1) is 11.7. The average molecular weight is 293 g/mol. The molecular formula is C12H9BrN2O2. The van der Waals surface area contributed by atoms with E-state index in [2.05, 4.69) is 26.1 Å². The summed E-state index contributed by atoms with van der Waals surface area (Å²) in [6.45, 7) is 0. The number of alkyl halides is 1. The van der Waals surface area contributed by atoms with Crippen molar-refractivity contribution in [3.05, 3.63) is 64.1 Å². The molecule has 0 fully saturated rings. The van der Waals surface area contributed by atoms with Gasteiger partial charge in [0, 0.05) is 11.6 Å². The van der Waals surface area contributed by atoms with Crippen LogP contribution in [0.3, 0.4) is 0 Å². The maximum atomic E-state index is 12.1. The standard InChI is InChI=1S/C12H9BrN2O2/c13-11(9-6-7-10(16)15-14-9)12(17)8-4-2-1-3-5-8/h1-7,11H,(H,15,16). The Bertz CT molecular complexity index is 560. The van der Waals surface area contributed by atoms with Crippen molar-refractivity contribution < 1.29 is 4.79 Å². The first-order valence-corrected chi connectivity index (χ1v) is 5.89. The lowest BCUT2D eigenvalue weighted by Gasteiger charge is -2.07. The molecule has 0 spiro atoms. The lowest BCUT2D eigenvalue weighted by molar-refractivity contribution is 0.0990. The largest absolute Gasteiger partial charge is 0.292 e. The van der Waals surface area contributed by atoms with Gasteiger partial charge in [-0.05, 0) is 6.07 Å². The fourth-order valence-electron chi connectivity index (χ4n) is 1.38. The lowest BCUT2D eigenvalue weighted by atomic mass is 10.1. The summed E-state index contributed by atoms with van der Waals surface area (Å²) >= 11 is 3.28. The highest BCUT2D eigenvalue weighted by atomic mass is 79.9. The van der Waals surface area contributed by atoms with Crippen molar-refractivity contribution >= 4 is 21.7 Å². The van der Waals surface area contributed by atoms with Crippen molar-refractivity contribution in [3.63, 3.8) is 0 Å². The Morgan fingerprint density at radius 1 is 1.18 bits per heavy atom. The molecule has 0 bridgehead atoms. The minimum Gasteiger partial charge on any atom is -0.292 e. The van der Waals surface area contributed by atoms with E-state index in [1.807, 2.05) is 6.07 Å². The zero-order valence-corrected chi connectivity index (χ0v) is 10.3. The Kier molecular flexibility index (Phi) is 3.49. The van der Waals surface area contributed by atoms with Gasteiger partial charge in [-0.1, -0.05) is 46.3 Å². The summed E-state index contributed by atoms with van der Waals surface area (Å²) in [5.74, 6) is -0.0925. The van der Waals surface area contributed by atoms with Crippen LogP contribution in [0.5, 0.6) is 0 Å². The van der Waals surface area contributed by atoms with E-state index in [9.17, 15) is 9.59 Å². The van der Waals surface area contributed by atoms with Gasteiger partial charge < -0.3 is 0 Å². The second-order valence-corrected chi connectivity index (χ2v) is 4.35. The van der Waals surface area contributed by atoms with Crippen LogP contribution < -0.4 is 5.56 Å². The molecule has 0 radical (unpaired) electrons. The number of carbonyl (C=O) groups is 1. The maximum absolute atomic E-state index is 12.1. The molecule has 17 heavy (non-hydrogen) atoms. The Hall–Kier alpha value is -1.75. The highest BCUT2D eigenvalue weighted by molar-refractivity contribution is 9.09.